The quantitative estimate of drug-likeness (QED) is 0.731. The Morgan fingerprint density at radius 3 is 2.59 bits per heavy atom. The van der Waals surface area contributed by atoms with Crippen LogP contribution in [0.2, 0.25) is 0 Å². The van der Waals surface area contributed by atoms with Gasteiger partial charge in [0.1, 0.15) is 11.9 Å². The zero-order valence-electron chi connectivity index (χ0n) is 9.46. The van der Waals surface area contributed by atoms with Crippen molar-refractivity contribution in [2.75, 3.05) is 0 Å². The van der Waals surface area contributed by atoms with Crippen molar-refractivity contribution in [3.05, 3.63) is 35.9 Å². The molecule has 0 saturated heterocycles. The summed E-state index contributed by atoms with van der Waals surface area (Å²) in [5.41, 5.74) is 0.585. The first-order valence-corrected chi connectivity index (χ1v) is 6.04. The lowest BCUT2D eigenvalue weighted by molar-refractivity contribution is -0.135. The summed E-state index contributed by atoms with van der Waals surface area (Å²) in [4.78, 5) is 23.1. The van der Waals surface area contributed by atoms with Crippen LogP contribution >= 0.6 is 0 Å². The van der Waals surface area contributed by atoms with E-state index in [2.05, 4.69) is 0 Å². The molecule has 1 aromatic rings. The normalized spacial score (nSPS) is 30.6. The maximum Gasteiger partial charge on any atom is 0.338 e. The van der Waals surface area contributed by atoms with Gasteiger partial charge in [0, 0.05) is 18.3 Å². The molecule has 0 aliphatic heterocycles. The van der Waals surface area contributed by atoms with Gasteiger partial charge < -0.3 is 4.74 Å². The van der Waals surface area contributed by atoms with Gasteiger partial charge >= 0.3 is 5.97 Å². The summed E-state index contributed by atoms with van der Waals surface area (Å²) in [6.45, 7) is 0. The Labute approximate surface area is 99.8 Å². The van der Waals surface area contributed by atoms with Crippen LogP contribution in [0.25, 0.3) is 0 Å². The van der Waals surface area contributed by atoms with Gasteiger partial charge in [0.15, 0.2) is 0 Å². The molecule has 2 fully saturated rings. The van der Waals surface area contributed by atoms with Crippen molar-refractivity contribution >= 4 is 11.8 Å². The fraction of sp³-hybridized carbons (Fsp3) is 0.429. The number of hydrogen-bond donors (Lipinski definition) is 0. The highest BCUT2D eigenvalue weighted by Crippen LogP contribution is 2.45. The van der Waals surface area contributed by atoms with Crippen molar-refractivity contribution in [3.8, 4) is 0 Å². The second-order valence-electron chi connectivity index (χ2n) is 4.83. The van der Waals surface area contributed by atoms with E-state index in [9.17, 15) is 9.59 Å². The number of esters is 1. The lowest BCUT2D eigenvalue weighted by atomic mass is 9.74. The maximum atomic E-state index is 11.9. The summed E-state index contributed by atoms with van der Waals surface area (Å²) in [6.07, 6.45) is 2.26. The first-order valence-electron chi connectivity index (χ1n) is 6.04. The highest BCUT2D eigenvalue weighted by atomic mass is 16.5. The van der Waals surface area contributed by atoms with Crippen molar-refractivity contribution in [1.29, 1.82) is 0 Å². The molecule has 17 heavy (non-hydrogen) atoms. The predicted octanol–water partition coefficient (Wildman–Crippen LogP) is 2.21. The number of rotatable bonds is 2. The van der Waals surface area contributed by atoms with Crippen LogP contribution in [0.4, 0.5) is 0 Å². The smallest absolute Gasteiger partial charge is 0.338 e. The minimum Gasteiger partial charge on any atom is -0.458 e. The van der Waals surface area contributed by atoms with E-state index in [1.54, 1.807) is 12.1 Å². The lowest BCUT2D eigenvalue weighted by Crippen LogP contribution is -2.39. The molecule has 2 saturated carbocycles. The van der Waals surface area contributed by atoms with Crippen molar-refractivity contribution < 1.29 is 14.3 Å². The van der Waals surface area contributed by atoms with E-state index in [4.69, 9.17) is 4.74 Å². The van der Waals surface area contributed by atoms with E-state index in [-0.39, 0.29) is 23.9 Å². The molecule has 0 radical (unpaired) electrons. The summed E-state index contributed by atoms with van der Waals surface area (Å²) in [7, 11) is 0. The first-order chi connectivity index (χ1) is 8.25. The van der Waals surface area contributed by atoms with E-state index in [1.807, 2.05) is 18.2 Å². The first kappa shape index (κ1) is 10.5. The Morgan fingerprint density at radius 2 is 1.94 bits per heavy atom. The van der Waals surface area contributed by atoms with Crippen molar-refractivity contribution in [3.63, 3.8) is 0 Å². The van der Waals surface area contributed by atoms with E-state index in [1.165, 1.54) is 0 Å². The largest absolute Gasteiger partial charge is 0.458 e. The summed E-state index contributed by atoms with van der Waals surface area (Å²) in [5.74, 6) is 0.530. The maximum absolute atomic E-state index is 11.9. The monoisotopic (exact) mass is 230 g/mol. The summed E-state index contributed by atoms with van der Waals surface area (Å²) in [5, 5.41) is 0. The van der Waals surface area contributed by atoms with Gasteiger partial charge in [-0.1, -0.05) is 18.2 Å². The third kappa shape index (κ3) is 1.75. The molecule has 2 aliphatic rings. The van der Waals surface area contributed by atoms with Gasteiger partial charge in [-0.05, 0) is 25.0 Å². The molecule has 2 aliphatic carbocycles. The van der Waals surface area contributed by atoms with Crippen LogP contribution in [0.5, 0.6) is 0 Å². The molecule has 0 spiro atoms. The molecule has 3 heteroatoms. The number of hydrogen-bond acceptors (Lipinski definition) is 3. The van der Waals surface area contributed by atoms with Crippen molar-refractivity contribution in [2.45, 2.75) is 25.4 Å². The van der Waals surface area contributed by atoms with Crippen LogP contribution in [0, 0.1) is 11.8 Å². The van der Waals surface area contributed by atoms with E-state index in [0.29, 0.717) is 17.8 Å². The van der Waals surface area contributed by atoms with E-state index >= 15 is 0 Å². The van der Waals surface area contributed by atoms with Crippen LogP contribution in [0.3, 0.4) is 0 Å². The molecular formula is C14H14O3. The Balaban J connectivity index is 1.65. The van der Waals surface area contributed by atoms with Crippen LogP contribution in [0.15, 0.2) is 30.3 Å². The second kappa shape index (κ2) is 3.99. The number of carbonyl (C=O) groups excluding carboxylic acids is 2. The number of ether oxygens (including phenoxy) is 1. The number of benzene rings is 1. The molecule has 0 amide bonds. The van der Waals surface area contributed by atoms with E-state index in [0.717, 1.165) is 12.8 Å². The Hall–Kier alpha value is -1.64. The van der Waals surface area contributed by atoms with Gasteiger partial charge in [-0.2, -0.15) is 0 Å². The second-order valence-corrected chi connectivity index (χ2v) is 4.83. The molecule has 0 aromatic heterocycles. The van der Waals surface area contributed by atoms with Crippen LogP contribution in [-0.2, 0) is 9.53 Å². The van der Waals surface area contributed by atoms with Gasteiger partial charge in [0.2, 0.25) is 0 Å². The fourth-order valence-corrected chi connectivity index (χ4v) is 2.85. The lowest BCUT2D eigenvalue weighted by Gasteiger charge is -2.31. The molecule has 3 rings (SSSR count). The number of carbonyl (C=O) groups is 2. The van der Waals surface area contributed by atoms with Gasteiger partial charge in [-0.3, -0.25) is 4.79 Å². The molecule has 0 unspecified atom stereocenters. The summed E-state index contributed by atoms with van der Waals surface area (Å²) >= 11 is 0. The highest BCUT2D eigenvalue weighted by Gasteiger charge is 2.50. The molecule has 0 bridgehead atoms. The highest BCUT2D eigenvalue weighted by molar-refractivity contribution is 5.90. The average Bonchev–Trinajstić information content (AvgIpc) is 2.67. The third-order valence-electron chi connectivity index (χ3n) is 3.87. The topological polar surface area (TPSA) is 43.4 Å². The zero-order valence-corrected chi connectivity index (χ0v) is 9.46. The van der Waals surface area contributed by atoms with Gasteiger partial charge in [0.05, 0.1) is 5.56 Å². The Kier molecular flexibility index (Phi) is 2.46. The molecule has 3 nitrogen and oxygen atoms in total. The molecule has 1 aromatic carbocycles. The van der Waals surface area contributed by atoms with Gasteiger partial charge in [0.25, 0.3) is 0 Å². The molecule has 0 heterocycles. The minimum absolute atomic E-state index is 0.0505. The standard InChI is InChI=1S/C14H14O3/c15-12-8-11-10(12)6-7-13(11)17-14(16)9-4-2-1-3-5-9/h1-5,10-11,13H,6-8H2/t10-,11-,13-/m1/s1. The Bertz CT molecular complexity index is 452. The molecule has 88 valence electrons. The predicted molar refractivity (Wildman–Crippen MR) is 61.5 cm³/mol. The summed E-state index contributed by atoms with van der Waals surface area (Å²) in [6, 6.07) is 9.01. The SMILES string of the molecule is O=C(O[C@@H]1CC[C@H]2C(=O)C[C@@H]12)c1ccccc1. The van der Waals surface area contributed by atoms with Gasteiger partial charge in [-0.25, -0.2) is 4.79 Å². The van der Waals surface area contributed by atoms with Crippen LogP contribution in [-0.4, -0.2) is 17.9 Å². The number of Topliss-reactive ketones (excluding diaryl/α,β-unsaturated/α-hetero) is 1. The zero-order chi connectivity index (χ0) is 11.8. The van der Waals surface area contributed by atoms with Crippen LogP contribution in [0.1, 0.15) is 29.6 Å². The molecular weight excluding hydrogens is 216 g/mol. The third-order valence-corrected chi connectivity index (χ3v) is 3.87. The number of fused-ring (bicyclic) bond motifs is 1. The van der Waals surface area contributed by atoms with Crippen LogP contribution < -0.4 is 0 Å². The van der Waals surface area contributed by atoms with Crippen molar-refractivity contribution in [1.82, 2.24) is 0 Å². The van der Waals surface area contributed by atoms with E-state index < -0.39 is 0 Å². The molecule has 0 N–H and O–H groups in total. The Morgan fingerprint density at radius 1 is 1.18 bits per heavy atom. The van der Waals surface area contributed by atoms with Crippen molar-refractivity contribution in [2.24, 2.45) is 11.8 Å². The number of ketones is 1. The summed E-state index contributed by atoms with van der Waals surface area (Å²) < 4.78 is 5.49. The average molecular weight is 230 g/mol. The minimum atomic E-state index is -0.268. The molecule has 3 atom stereocenters. The fourth-order valence-electron chi connectivity index (χ4n) is 2.85. The van der Waals surface area contributed by atoms with Gasteiger partial charge in [-0.15, -0.1) is 0 Å².